The first-order valence-electron chi connectivity index (χ1n) is 26.7. The van der Waals surface area contributed by atoms with E-state index in [-0.39, 0.29) is 38.6 Å². The summed E-state index contributed by atoms with van der Waals surface area (Å²) in [5, 5.41) is 14.6. The van der Waals surface area contributed by atoms with Crippen molar-refractivity contribution < 1.29 is 90.7 Å². The second kappa shape index (κ2) is 29.7. The Balaban J connectivity index is 1.22. The number of aliphatic hydroxyl groups is 1. The highest BCUT2D eigenvalue weighted by molar-refractivity contribution is 5.89. The van der Waals surface area contributed by atoms with Crippen LogP contribution in [-0.4, -0.2) is 140 Å². The minimum absolute atomic E-state index is 0.0000872. The number of carbonyl (C=O) groups is 5. The third-order valence-electron chi connectivity index (χ3n) is 13.5. The van der Waals surface area contributed by atoms with E-state index in [4.69, 9.17) is 61.6 Å². The highest BCUT2D eigenvalue weighted by atomic mass is 16.8. The molecule has 3 fully saturated rings. The van der Waals surface area contributed by atoms with E-state index in [0.717, 1.165) is 29.2 Å². The predicted molar refractivity (Wildman–Crippen MR) is 286 cm³/mol. The number of rotatable bonds is 24. The molecule has 20 heteroatoms. The van der Waals surface area contributed by atoms with Gasteiger partial charge in [0.1, 0.15) is 55.4 Å². The Morgan fingerprint density at radius 1 is 0.457 bits per heavy atom. The van der Waals surface area contributed by atoms with E-state index < -0.39 is 128 Å². The average Bonchev–Trinajstić information content (AvgIpc) is 3.48. The third kappa shape index (κ3) is 17.1. The normalized spacial score (nSPS) is 28.2. The van der Waals surface area contributed by atoms with Crippen molar-refractivity contribution in [3.8, 4) is 0 Å². The van der Waals surface area contributed by atoms with Gasteiger partial charge < -0.3 is 72.0 Å². The molecule has 432 valence electrons. The van der Waals surface area contributed by atoms with Crippen LogP contribution in [0.4, 0.5) is 0 Å². The number of hydrogen-bond donors (Lipinski definition) is 2. The van der Waals surface area contributed by atoms with E-state index in [9.17, 15) is 29.1 Å². The van der Waals surface area contributed by atoms with E-state index in [1.54, 1.807) is 25.1 Å². The Labute approximate surface area is 470 Å². The van der Waals surface area contributed by atoms with Gasteiger partial charge in [-0.3, -0.25) is 19.2 Å². The SMILES string of the molecule is CC(=O)N[C@H]1[C@@H](O[C@@H]2[C@@H](OCc3ccccc3)[C@H](C)O[C@@H](O)[C@@H]2OC(=O)c2ccccc2)O[C@H](COC(C)=O)[C@@H](OC(C)=O)[C@@H]1O[C@H]1O[C@H](COCc2ccccc2)[C@@H](OCc2ccccc2)[C@H](OCc2ccccc2)[C@H]1OC(C)=O. The summed E-state index contributed by atoms with van der Waals surface area (Å²) < 4.78 is 83.6. The molecule has 3 saturated heterocycles. The van der Waals surface area contributed by atoms with Crippen molar-refractivity contribution in [1.82, 2.24) is 5.32 Å². The molecule has 0 aliphatic carbocycles. The van der Waals surface area contributed by atoms with Crippen LogP contribution in [-0.2, 0) is 107 Å². The minimum Gasteiger partial charge on any atom is -0.463 e. The van der Waals surface area contributed by atoms with Crippen LogP contribution < -0.4 is 5.32 Å². The molecule has 3 heterocycles. The van der Waals surface area contributed by atoms with Crippen molar-refractivity contribution in [2.75, 3.05) is 13.2 Å². The van der Waals surface area contributed by atoms with Crippen molar-refractivity contribution in [2.45, 2.75) is 153 Å². The molecule has 8 rings (SSSR count). The van der Waals surface area contributed by atoms with E-state index in [2.05, 4.69) is 5.32 Å². The van der Waals surface area contributed by atoms with Crippen LogP contribution in [0.5, 0.6) is 0 Å². The van der Waals surface area contributed by atoms with E-state index in [0.29, 0.717) is 0 Å². The summed E-state index contributed by atoms with van der Waals surface area (Å²) in [6.45, 7) is 5.90. The van der Waals surface area contributed by atoms with E-state index in [1.807, 2.05) is 121 Å². The Morgan fingerprint density at radius 3 is 1.43 bits per heavy atom. The Morgan fingerprint density at radius 2 is 0.914 bits per heavy atom. The van der Waals surface area contributed by atoms with Crippen molar-refractivity contribution in [1.29, 1.82) is 0 Å². The van der Waals surface area contributed by atoms with Crippen LogP contribution in [0.15, 0.2) is 152 Å². The van der Waals surface area contributed by atoms with Gasteiger partial charge in [-0.1, -0.05) is 140 Å². The van der Waals surface area contributed by atoms with Gasteiger partial charge in [-0.15, -0.1) is 0 Å². The van der Waals surface area contributed by atoms with Gasteiger partial charge in [0.15, 0.2) is 37.2 Å². The maximum Gasteiger partial charge on any atom is 0.338 e. The van der Waals surface area contributed by atoms with Crippen LogP contribution in [0.3, 0.4) is 0 Å². The third-order valence-corrected chi connectivity index (χ3v) is 13.5. The molecule has 5 aromatic rings. The van der Waals surface area contributed by atoms with Crippen LogP contribution >= 0.6 is 0 Å². The molecule has 0 spiro atoms. The number of ether oxygens (including phenoxy) is 13. The van der Waals surface area contributed by atoms with Crippen molar-refractivity contribution in [3.63, 3.8) is 0 Å². The number of benzene rings is 5. The van der Waals surface area contributed by atoms with Gasteiger partial charge in [-0.2, -0.15) is 0 Å². The number of carbonyl (C=O) groups excluding carboxylic acids is 5. The molecular formula is C61H69NO19. The van der Waals surface area contributed by atoms with Crippen molar-refractivity contribution in [3.05, 3.63) is 179 Å². The van der Waals surface area contributed by atoms with Crippen LogP contribution in [0.25, 0.3) is 0 Å². The molecule has 0 unspecified atom stereocenters. The van der Waals surface area contributed by atoms with E-state index in [1.165, 1.54) is 32.9 Å². The first-order chi connectivity index (χ1) is 39.2. The van der Waals surface area contributed by atoms with Gasteiger partial charge in [0.2, 0.25) is 5.91 Å². The highest BCUT2D eigenvalue weighted by Gasteiger charge is 2.58. The summed E-state index contributed by atoms with van der Waals surface area (Å²) in [5.41, 5.74) is 3.35. The van der Waals surface area contributed by atoms with Crippen LogP contribution in [0.1, 0.15) is 67.2 Å². The summed E-state index contributed by atoms with van der Waals surface area (Å²) in [7, 11) is 0. The topological polar surface area (TPSA) is 238 Å². The smallest absolute Gasteiger partial charge is 0.338 e. The fourth-order valence-electron chi connectivity index (χ4n) is 9.81. The van der Waals surface area contributed by atoms with Gasteiger partial charge in [-0.05, 0) is 41.3 Å². The average molecular weight is 1120 g/mol. The molecule has 1 amide bonds. The van der Waals surface area contributed by atoms with Gasteiger partial charge in [0, 0.05) is 27.7 Å². The Hall–Kier alpha value is -6.95. The second-order valence-corrected chi connectivity index (χ2v) is 19.7. The summed E-state index contributed by atoms with van der Waals surface area (Å²) >= 11 is 0. The van der Waals surface area contributed by atoms with Gasteiger partial charge in [0.05, 0.1) is 44.7 Å². The number of hydrogen-bond acceptors (Lipinski definition) is 19. The lowest BCUT2D eigenvalue weighted by Gasteiger charge is -2.51. The maximum absolute atomic E-state index is 13.9. The molecular weight excluding hydrogens is 1050 g/mol. The number of aliphatic hydroxyl groups excluding tert-OH is 1. The molecule has 5 aromatic carbocycles. The molecule has 15 atom stereocenters. The number of amides is 1. The largest absolute Gasteiger partial charge is 0.463 e. The lowest BCUT2D eigenvalue weighted by molar-refractivity contribution is -0.368. The summed E-state index contributed by atoms with van der Waals surface area (Å²) in [5.74, 6) is -3.81. The lowest BCUT2D eigenvalue weighted by atomic mass is 9.94. The molecule has 0 saturated carbocycles. The standard InChI is InChI=1S/C61H69NO19/c1-37-50(71-32-43-23-13-7-14-24-43)55(56(59(68)74-37)79-58(67)46-29-19-10-20-30-46)81-60-49(62-38(2)63)53(52(75-40(4)65)48(77-60)36-70-39(3)64)80-61-57(76-41(5)66)54(73-34-45-27-17-9-18-28-45)51(72-33-44-25-15-8-16-26-44)47(78-61)35-69-31-42-21-11-6-12-22-42/h6-30,37,47-57,59-61,68H,31-36H2,1-5H3,(H,62,63)/t37-,47+,48+,49+,50-,51+,52+,53+,54-,55+,56+,57+,59+,60+,61+/m0/s1. The molecule has 81 heavy (non-hydrogen) atoms. The highest BCUT2D eigenvalue weighted by Crippen LogP contribution is 2.38. The molecule has 0 aromatic heterocycles. The molecule has 20 nitrogen and oxygen atoms in total. The number of esters is 4. The zero-order valence-electron chi connectivity index (χ0n) is 45.6. The fourth-order valence-corrected chi connectivity index (χ4v) is 9.81. The van der Waals surface area contributed by atoms with Crippen LogP contribution in [0.2, 0.25) is 0 Å². The monoisotopic (exact) mass is 1120 g/mol. The first kappa shape index (κ1) is 60.2. The van der Waals surface area contributed by atoms with Crippen LogP contribution in [0, 0.1) is 0 Å². The zero-order chi connectivity index (χ0) is 57.3. The summed E-state index contributed by atoms with van der Waals surface area (Å²) in [6, 6.07) is 43.9. The quantitative estimate of drug-likeness (QED) is 0.0526. The van der Waals surface area contributed by atoms with E-state index >= 15 is 0 Å². The lowest BCUT2D eigenvalue weighted by Crippen LogP contribution is -2.70. The Kier molecular flexibility index (Phi) is 22.0. The van der Waals surface area contributed by atoms with Crippen molar-refractivity contribution in [2.24, 2.45) is 0 Å². The molecule has 0 bridgehead atoms. The van der Waals surface area contributed by atoms with Gasteiger partial charge in [0.25, 0.3) is 0 Å². The minimum atomic E-state index is -1.80. The maximum atomic E-state index is 13.9. The zero-order valence-corrected chi connectivity index (χ0v) is 45.6. The van der Waals surface area contributed by atoms with Gasteiger partial charge in [-0.25, -0.2) is 4.79 Å². The first-order valence-corrected chi connectivity index (χ1v) is 26.7. The summed E-state index contributed by atoms with van der Waals surface area (Å²) in [6.07, 6.45) is -19.7. The van der Waals surface area contributed by atoms with Crippen molar-refractivity contribution >= 4 is 29.8 Å². The molecule has 0 radical (unpaired) electrons. The molecule has 2 N–H and O–H groups in total. The predicted octanol–water partition coefficient (Wildman–Crippen LogP) is 6.07. The molecule has 3 aliphatic heterocycles. The molecule has 3 aliphatic rings. The Bertz CT molecular complexity index is 2760. The summed E-state index contributed by atoms with van der Waals surface area (Å²) in [4.78, 5) is 66.9. The second-order valence-electron chi connectivity index (χ2n) is 19.7. The number of nitrogens with one attached hydrogen (secondary N) is 1. The van der Waals surface area contributed by atoms with Gasteiger partial charge >= 0.3 is 23.9 Å². The fraction of sp³-hybridized carbons (Fsp3) is 0.426.